The molecule has 9 aliphatic rings. The molecule has 86 heavy (non-hydrogen) atoms. The van der Waals surface area contributed by atoms with Crippen molar-refractivity contribution in [2.75, 3.05) is 0 Å². The first-order valence-electron chi connectivity index (χ1n) is 29.5. The third kappa shape index (κ3) is 7.74. The van der Waals surface area contributed by atoms with Crippen molar-refractivity contribution in [3.63, 3.8) is 0 Å². The number of ether oxygens (including phenoxy) is 7. The van der Waals surface area contributed by atoms with E-state index in [4.69, 9.17) is 33.2 Å². The van der Waals surface area contributed by atoms with Crippen molar-refractivity contribution in [2.24, 2.45) is 57.7 Å². The summed E-state index contributed by atoms with van der Waals surface area (Å²) in [5, 5.41) is 85.7. The number of aryl methyl sites for hydroxylation is 2. The molecule has 1 amide bonds. The molecule has 1 spiro atoms. The van der Waals surface area contributed by atoms with Crippen LogP contribution in [0.25, 0.3) is 0 Å². The van der Waals surface area contributed by atoms with Gasteiger partial charge < -0.3 is 69.1 Å². The van der Waals surface area contributed by atoms with Crippen molar-refractivity contribution in [1.29, 1.82) is 0 Å². The van der Waals surface area contributed by atoms with Gasteiger partial charge in [-0.05, 0) is 82.4 Å². The number of hydrogen-bond donors (Lipinski definition) is 7. The Hall–Kier alpha value is -6.67. The number of aromatic nitrogens is 3. The average molecular weight is 1200 g/mol. The van der Waals surface area contributed by atoms with Crippen LogP contribution in [-0.4, -0.2) is 142 Å². The van der Waals surface area contributed by atoms with Gasteiger partial charge in [0.2, 0.25) is 11.7 Å². The molecule has 460 valence electrons. The van der Waals surface area contributed by atoms with Crippen LogP contribution in [0, 0.1) is 76.2 Å². The van der Waals surface area contributed by atoms with Gasteiger partial charge in [-0.25, -0.2) is 13.6 Å². The number of phenolic OH excluding ortho intramolecular Hbond substituents is 1. The summed E-state index contributed by atoms with van der Waals surface area (Å²) >= 11 is 0. The van der Waals surface area contributed by atoms with Gasteiger partial charge in [-0.15, -0.1) is 5.10 Å². The van der Waals surface area contributed by atoms with Gasteiger partial charge in [0.05, 0.1) is 58.6 Å². The molecule has 8 fully saturated rings. The zero-order chi connectivity index (χ0) is 61.3. The van der Waals surface area contributed by atoms with Crippen molar-refractivity contribution in [1.82, 2.24) is 20.3 Å². The van der Waals surface area contributed by atoms with E-state index in [1.165, 1.54) is 19.9 Å². The maximum Gasteiger partial charge on any atom is 0.341 e. The number of aliphatic hydroxyl groups excluding tert-OH is 4. The molecule has 2 unspecified atom stereocenters. The largest absolute Gasteiger partial charge is 0.505 e. The summed E-state index contributed by atoms with van der Waals surface area (Å²) < 4.78 is 74.6. The predicted molar refractivity (Wildman–Crippen MR) is 289 cm³/mol. The molecule has 5 saturated carbocycles. The fourth-order valence-electron chi connectivity index (χ4n) is 18.4. The van der Waals surface area contributed by atoms with Gasteiger partial charge in [0.1, 0.15) is 54.0 Å². The number of benzene rings is 3. The van der Waals surface area contributed by atoms with Gasteiger partial charge in [0, 0.05) is 66.7 Å². The van der Waals surface area contributed by atoms with Crippen LogP contribution in [0.3, 0.4) is 0 Å². The number of ketones is 1. The summed E-state index contributed by atoms with van der Waals surface area (Å²) in [5.74, 6) is -14.6. The first-order valence-corrected chi connectivity index (χ1v) is 29.5. The highest BCUT2D eigenvalue weighted by Crippen LogP contribution is 2.81. The maximum atomic E-state index is 16.1. The van der Waals surface area contributed by atoms with E-state index in [-0.39, 0.29) is 54.3 Å². The average Bonchev–Trinajstić information content (AvgIpc) is 1.44. The zero-order valence-electron chi connectivity index (χ0n) is 48.3. The second kappa shape index (κ2) is 19.9. The minimum Gasteiger partial charge on any atom is -0.505 e. The van der Waals surface area contributed by atoms with Gasteiger partial charge in [0.15, 0.2) is 34.3 Å². The highest BCUT2D eigenvalue weighted by Gasteiger charge is 2.94. The third-order valence-corrected chi connectivity index (χ3v) is 22.2. The zero-order valence-corrected chi connectivity index (χ0v) is 48.3. The molecule has 3 aromatic carbocycles. The number of hydrogen-bond acceptors (Lipinski definition) is 20. The number of fused-ring (bicyclic) bond motifs is 11. The monoisotopic (exact) mass is 1200 g/mol. The summed E-state index contributed by atoms with van der Waals surface area (Å²) in [7, 11) is 0. The van der Waals surface area contributed by atoms with E-state index in [9.17, 15) is 59.0 Å². The smallest absolute Gasteiger partial charge is 0.341 e. The molecule has 0 radical (unpaired) electrons. The molecule has 3 saturated heterocycles. The lowest BCUT2D eigenvalue weighted by Crippen LogP contribution is -2.77. The van der Waals surface area contributed by atoms with Crippen LogP contribution in [0.4, 0.5) is 8.78 Å². The molecule has 4 aromatic rings. The number of rotatable bonds is 16. The number of esters is 2. The highest BCUT2D eigenvalue weighted by molar-refractivity contribution is 5.87. The molecule has 1 aromatic heterocycles. The molecular weight excluding hydrogens is 1130 g/mol. The highest BCUT2D eigenvalue weighted by atomic mass is 19.1. The minimum atomic E-state index is -2.25. The van der Waals surface area contributed by atoms with E-state index in [1.807, 2.05) is 0 Å². The number of Topliss-reactive ketones (excluding diaryl/α,β-unsaturated/α-hetero) is 1. The predicted octanol–water partition coefficient (Wildman–Crippen LogP) is 4.08. The summed E-state index contributed by atoms with van der Waals surface area (Å²) in [6, 6.07) is 10.2. The van der Waals surface area contributed by atoms with Crippen LogP contribution in [-0.2, 0) is 66.4 Å². The second-order valence-corrected chi connectivity index (χ2v) is 26.1. The number of epoxide rings is 2. The van der Waals surface area contributed by atoms with E-state index >= 15 is 4.39 Å². The van der Waals surface area contributed by atoms with Crippen molar-refractivity contribution in [3.05, 3.63) is 94.3 Å². The van der Waals surface area contributed by atoms with Crippen LogP contribution in [0.15, 0.2) is 54.7 Å². The normalized spacial score (nSPS) is 41.3. The Morgan fingerprint density at radius 3 is 2.31 bits per heavy atom. The number of amides is 1. The minimum absolute atomic E-state index is 0.0163. The van der Waals surface area contributed by atoms with E-state index < -0.39 is 171 Å². The lowest BCUT2D eigenvalue weighted by Gasteiger charge is -2.67. The standard InChI is InChI=1S/C62H70F2N4O18/c1-26-14-11-12-15-31(26)61(81-25-69)32-18-35(63)37(72)21-38(32)83-39-22-40(36(64)19-33(39)61)80-24-30-23-68(67-66-30)17-13-9-8-10-16-42(73)65-48-34-20-41-51(84-41)53(76)57(34,5)46-43(49(48)74)45-50(75)47-44(60(45,28(3)70)54(77)52(46)82-29(4)71)27(2)55-62(85-55)58(47,6)59(7,79)56(78)86-62/h11-12,14-15,18-19,21-23,25,27,34,41,43-55,72,74-77,79H,8-10,13,16-17,20,24H2,1-7H3,(H,65,73)/t27-,34?,41-,43-,44-,45+,46+,47-,48-,49+,50+,51-,52-,53-,54-,55+,57-,58-,59+,60+,61?,62-/m0/s1. The van der Waals surface area contributed by atoms with Gasteiger partial charge in [-0.3, -0.25) is 23.9 Å². The Morgan fingerprint density at radius 2 is 1.60 bits per heavy atom. The summed E-state index contributed by atoms with van der Waals surface area (Å²) in [5.41, 5.74) is -7.70. The van der Waals surface area contributed by atoms with Crippen molar-refractivity contribution < 1.29 is 96.6 Å². The van der Waals surface area contributed by atoms with Gasteiger partial charge >= 0.3 is 11.9 Å². The molecule has 22 nitrogen and oxygen atoms in total. The van der Waals surface area contributed by atoms with Crippen LogP contribution < -0.4 is 14.8 Å². The summed E-state index contributed by atoms with van der Waals surface area (Å²) in [6.07, 6.45) is -5.42. The van der Waals surface area contributed by atoms with Crippen LogP contribution >= 0.6 is 0 Å². The Kier molecular flexibility index (Phi) is 13.5. The van der Waals surface area contributed by atoms with Gasteiger partial charge in [-0.2, -0.15) is 0 Å². The van der Waals surface area contributed by atoms with Gasteiger partial charge in [0.25, 0.3) is 6.47 Å². The SMILES string of the molecule is CC(=O)O[C@H]1[C@H]2[C@@H]([C@@H](O)[C@@H](NC(=O)CCCCCCn3cc(COc4cc5c(cc4F)C(OC=O)(c4ccccc4C)c4cc(F)c(O)cc4O5)nn3)C3C[C@@H]4O[C@@H]4[C@H](O)[C@@]32C)[C@@H]2[C@@H](O)[C@@H]3[C@H]([C@H](C)[C@H]4O[C@]45OC(=O)[C@@](C)(O)[C@]35C)[C@@]2(C(C)=O)[C@H]1O. The molecule has 5 heterocycles. The van der Waals surface area contributed by atoms with Crippen molar-refractivity contribution in [3.8, 4) is 23.0 Å². The Labute approximate surface area is 492 Å². The first kappa shape index (κ1) is 58.4. The van der Waals surface area contributed by atoms with Crippen LogP contribution in [0.1, 0.15) is 108 Å². The van der Waals surface area contributed by atoms with E-state index in [0.717, 1.165) is 25.1 Å². The van der Waals surface area contributed by atoms with E-state index in [1.54, 1.807) is 62.8 Å². The molecule has 4 aliphatic heterocycles. The molecule has 7 N–H and O–H groups in total. The van der Waals surface area contributed by atoms with Crippen LogP contribution in [0.5, 0.6) is 23.0 Å². The number of carbonyl (C=O) groups excluding carboxylic acids is 5. The third-order valence-electron chi connectivity index (χ3n) is 22.2. The quantitative estimate of drug-likeness (QED) is 0.0273. The number of nitrogens with zero attached hydrogens (tertiary/aromatic N) is 3. The number of aromatic hydroxyl groups is 1. The number of phenols is 1. The number of aliphatic hydroxyl groups is 5. The maximum absolute atomic E-state index is 16.1. The lowest BCUT2D eigenvalue weighted by atomic mass is 9.39. The van der Waals surface area contributed by atoms with Crippen LogP contribution in [0.2, 0.25) is 0 Å². The Balaban J connectivity index is 0.687. The van der Waals surface area contributed by atoms with Crippen molar-refractivity contribution in [2.45, 2.75) is 172 Å². The van der Waals surface area contributed by atoms with E-state index in [0.29, 0.717) is 49.0 Å². The number of carbonyl (C=O) groups is 5. The molecule has 0 bridgehead atoms. The number of nitrogens with one attached hydrogen (secondary N) is 1. The topological polar surface area (TPSA) is 321 Å². The van der Waals surface area contributed by atoms with E-state index in [2.05, 4.69) is 15.6 Å². The molecule has 22 atom stereocenters. The second-order valence-electron chi connectivity index (χ2n) is 26.1. The molecule has 5 aliphatic carbocycles. The molecule has 24 heteroatoms. The summed E-state index contributed by atoms with van der Waals surface area (Å²) in [6.45, 7) is 11.0. The fourth-order valence-corrected chi connectivity index (χ4v) is 18.4. The Bertz CT molecular complexity index is 3490. The number of unbranched alkanes of at least 4 members (excludes halogenated alkanes) is 3. The van der Waals surface area contributed by atoms with Crippen molar-refractivity contribution >= 4 is 30.1 Å². The van der Waals surface area contributed by atoms with Gasteiger partial charge in [-0.1, -0.05) is 56.2 Å². The molecular formula is C62H70F2N4O18. The first-order chi connectivity index (χ1) is 40.8. The Morgan fingerprint density at radius 1 is 0.895 bits per heavy atom. The number of halogens is 2. The lowest BCUT2D eigenvalue weighted by molar-refractivity contribution is -0.279. The fraction of sp³-hybridized carbons (Fsp3) is 0.597. The summed E-state index contributed by atoms with van der Waals surface area (Å²) in [4.78, 5) is 68.1. The molecule has 13 rings (SSSR count).